The van der Waals surface area contributed by atoms with Gasteiger partial charge in [0.1, 0.15) is 24.2 Å². The standard InChI is InChI=1S/C17H33N7O7S/c1-32-6-4-11(22-13(27)9(18)7-25)15(29)23-10(3-2-5-21-17(19)20)14(28)24-12(8-26)16(30)31/h9-12,25-26H,2-8,18H2,1H3,(H,22,27)(H,23,29)(H,24,28)(H,30,31)(H4,19,20,21). The molecular weight excluding hydrogens is 446 g/mol. The Kier molecular flexibility index (Phi) is 14.8. The second-order valence-electron chi connectivity index (χ2n) is 6.72. The Bertz CT molecular complexity index is 661. The summed E-state index contributed by atoms with van der Waals surface area (Å²) in [5.74, 6) is -3.38. The van der Waals surface area contributed by atoms with Crippen LogP contribution in [-0.2, 0) is 19.2 Å². The van der Waals surface area contributed by atoms with E-state index >= 15 is 0 Å². The summed E-state index contributed by atoms with van der Waals surface area (Å²) in [4.78, 5) is 52.2. The molecule has 4 atom stereocenters. The van der Waals surface area contributed by atoms with Gasteiger partial charge in [-0.1, -0.05) is 0 Å². The van der Waals surface area contributed by atoms with Gasteiger partial charge in [-0.05, 0) is 31.3 Å². The number of carboxylic acids is 1. The van der Waals surface area contributed by atoms with Crippen LogP contribution in [0, 0.1) is 0 Å². The molecule has 0 saturated carbocycles. The first-order chi connectivity index (χ1) is 15.1. The first kappa shape index (κ1) is 29.4. The zero-order valence-electron chi connectivity index (χ0n) is 17.8. The van der Waals surface area contributed by atoms with Gasteiger partial charge in [0.15, 0.2) is 5.96 Å². The van der Waals surface area contributed by atoms with E-state index in [0.29, 0.717) is 5.75 Å². The summed E-state index contributed by atoms with van der Waals surface area (Å²) >= 11 is 1.43. The van der Waals surface area contributed by atoms with Crippen LogP contribution in [0.15, 0.2) is 4.99 Å². The van der Waals surface area contributed by atoms with Crippen LogP contribution in [0.4, 0.5) is 0 Å². The molecule has 0 heterocycles. The fourth-order valence-electron chi connectivity index (χ4n) is 2.37. The molecule has 0 bridgehead atoms. The zero-order valence-corrected chi connectivity index (χ0v) is 18.6. The summed E-state index contributed by atoms with van der Waals surface area (Å²) in [6.07, 6.45) is 2.33. The van der Waals surface area contributed by atoms with Gasteiger partial charge in [0.25, 0.3) is 0 Å². The third kappa shape index (κ3) is 11.7. The summed E-state index contributed by atoms with van der Waals surface area (Å²) in [5, 5.41) is 34.2. The summed E-state index contributed by atoms with van der Waals surface area (Å²) in [7, 11) is 0. The maximum Gasteiger partial charge on any atom is 0.328 e. The Morgan fingerprint density at radius 3 is 1.91 bits per heavy atom. The number of carbonyl (C=O) groups is 4. The highest BCUT2D eigenvalue weighted by Crippen LogP contribution is 2.05. The number of hydrogen-bond donors (Lipinski definition) is 9. The van der Waals surface area contributed by atoms with Gasteiger partial charge in [-0.25, -0.2) is 4.79 Å². The molecule has 0 aromatic rings. The number of aliphatic hydroxyl groups is 2. The lowest BCUT2D eigenvalue weighted by Crippen LogP contribution is -2.57. The van der Waals surface area contributed by atoms with Crippen molar-refractivity contribution in [2.24, 2.45) is 22.2 Å². The number of rotatable bonds is 16. The number of hydrogen-bond acceptors (Lipinski definition) is 9. The molecule has 0 radical (unpaired) electrons. The Labute approximate surface area is 189 Å². The molecule has 0 fully saturated rings. The van der Waals surface area contributed by atoms with Crippen molar-refractivity contribution in [3.63, 3.8) is 0 Å². The van der Waals surface area contributed by atoms with Gasteiger partial charge in [0.05, 0.1) is 13.2 Å². The predicted octanol–water partition coefficient (Wildman–Crippen LogP) is -4.36. The average Bonchev–Trinajstić information content (AvgIpc) is 2.75. The van der Waals surface area contributed by atoms with Crippen LogP contribution in [0.1, 0.15) is 19.3 Å². The number of aliphatic imine (C=N–C) groups is 1. The van der Waals surface area contributed by atoms with E-state index < -0.39 is 61.1 Å². The molecule has 15 heteroatoms. The second-order valence-corrected chi connectivity index (χ2v) is 7.71. The molecule has 0 aliphatic carbocycles. The van der Waals surface area contributed by atoms with Crippen molar-refractivity contribution >= 4 is 41.4 Å². The van der Waals surface area contributed by atoms with E-state index in [-0.39, 0.29) is 31.8 Å². The topological polar surface area (TPSA) is 255 Å². The van der Waals surface area contributed by atoms with Crippen LogP contribution in [0.25, 0.3) is 0 Å². The summed E-state index contributed by atoms with van der Waals surface area (Å²) in [5.41, 5.74) is 16.0. The molecule has 32 heavy (non-hydrogen) atoms. The molecular formula is C17H33N7O7S. The molecule has 4 unspecified atom stereocenters. The van der Waals surface area contributed by atoms with Crippen LogP contribution in [-0.4, -0.2) is 101 Å². The number of guanidine groups is 1. The summed E-state index contributed by atoms with van der Waals surface area (Å²) in [6, 6.07) is -5.02. The lowest BCUT2D eigenvalue weighted by Gasteiger charge is -2.24. The number of nitrogens with two attached hydrogens (primary N) is 3. The van der Waals surface area contributed by atoms with Gasteiger partial charge in [0.2, 0.25) is 17.7 Å². The third-order valence-corrected chi connectivity index (χ3v) is 4.80. The molecule has 0 aromatic heterocycles. The highest BCUT2D eigenvalue weighted by Gasteiger charge is 2.29. The number of carbonyl (C=O) groups excluding carboxylic acids is 3. The van der Waals surface area contributed by atoms with Crippen molar-refractivity contribution in [3.8, 4) is 0 Å². The summed E-state index contributed by atoms with van der Waals surface area (Å²) in [6.45, 7) is -1.31. The van der Waals surface area contributed by atoms with Crippen LogP contribution in [0.3, 0.4) is 0 Å². The normalized spacial score (nSPS) is 14.4. The van der Waals surface area contributed by atoms with Crippen molar-refractivity contribution in [1.82, 2.24) is 16.0 Å². The SMILES string of the molecule is CSCCC(NC(=O)C(N)CO)C(=O)NC(CCCN=C(N)N)C(=O)NC(CO)C(=O)O. The number of carboxylic acid groups (broad SMARTS) is 1. The maximum atomic E-state index is 12.8. The molecule has 0 aliphatic heterocycles. The Morgan fingerprint density at radius 2 is 1.44 bits per heavy atom. The fourth-order valence-corrected chi connectivity index (χ4v) is 2.84. The van der Waals surface area contributed by atoms with Gasteiger partial charge in [-0.3, -0.25) is 19.4 Å². The largest absolute Gasteiger partial charge is 0.480 e. The Morgan fingerprint density at radius 1 is 0.906 bits per heavy atom. The molecule has 0 aromatic carbocycles. The predicted molar refractivity (Wildman–Crippen MR) is 118 cm³/mol. The summed E-state index contributed by atoms with van der Waals surface area (Å²) < 4.78 is 0. The third-order valence-electron chi connectivity index (χ3n) is 4.15. The van der Waals surface area contributed by atoms with E-state index in [0.717, 1.165) is 0 Å². The van der Waals surface area contributed by atoms with E-state index in [1.807, 2.05) is 0 Å². The molecule has 12 N–H and O–H groups in total. The van der Waals surface area contributed by atoms with E-state index in [1.165, 1.54) is 11.8 Å². The molecule has 3 amide bonds. The number of aliphatic carboxylic acids is 1. The number of thioether (sulfide) groups is 1. The minimum absolute atomic E-state index is 0.0471. The van der Waals surface area contributed by atoms with Crippen LogP contribution < -0.4 is 33.2 Å². The molecule has 184 valence electrons. The lowest BCUT2D eigenvalue weighted by molar-refractivity contribution is -0.143. The van der Waals surface area contributed by atoms with Crippen LogP contribution in [0.2, 0.25) is 0 Å². The molecule has 0 rings (SSSR count). The van der Waals surface area contributed by atoms with Crippen molar-refractivity contribution in [2.45, 2.75) is 43.4 Å². The fraction of sp³-hybridized carbons (Fsp3) is 0.706. The van der Waals surface area contributed by atoms with E-state index in [1.54, 1.807) is 6.26 Å². The Hall–Kier alpha value is -2.62. The van der Waals surface area contributed by atoms with Crippen LogP contribution in [0.5, 0.6) is 0 Å². The quantitative estimate of drug-likeness (QED) is 0.0580. The Balaban J connectivity index is 5.42. The van der Waals surface area contributed by atoms with Crippen molar-refractivity contribution in [3.05, 3.63) is 0 Å². The van der Waals surface area contributed by atoms with Gasteiger partial charge in [-0.15, -0.1) is 0 Å². The number of nitrogens with zero attached hydrogens (tertiary/aromatic N) is 1. The van der Waals surface area contributed by atoms with Crippen molar-refractivity contribution in [1.29, 1.82) is 0 Å². The second kappa shape index (κ2) is 16.1. The lowest BCUT2D eigenvalue weighted by atomic mass is 10.1. The first-order valence-corrected chi connectivity index (χ1v) is 11.1. The smallest absolute Gasteiger partial charge is 0.328 e. The van der Waals surface area contributed by atoms with E-state index in [9.17, 15) is 19.2 Å². The van der Waals surface area contributed by atoms with Crippen molar-refractivity contribution in [2.75, 3.05) is 31.8 Å². The van der Waals surface area contributed by atoms with Crippen LogP contribution >= 0.6 is 11.8 Å². The monoisotopic (exact) mass is 479 g/mol. The molecule has 0 spiro atoms. The zero-order chi connectivity index (χ0) is 24.7. The first-order valence-electron chi connectivity index (χ1n) is 9.72. The van der Waals surface area contributed by atoms with Gasteiger partial charge in [0, 0.05) is 6.54 Å². The van der Waals surface area contributed by atoms with Crippen molar-refractivity contribution < 1.29 is 34.5 Å². The number of aliphatic hydroxyl groups excluding tert-OH is 2. The van der Waals surface area contributed by atoms with Gasteiger partial charge in [-0.2, -0.15) is 11.8 Å². The minimum atomic E-state index is -1.56. The van der Waals surface area contributed by atoms with Gasteiger partial charge >= 0.3 is 5.97 Å². The molecule has 0 aliphatic rings. The highest BCUT2D eigenvalue weighted by molar-refractivity contribution is 7.98. The molecule has 14 nitrogen and oxygen atoms in total. The minimum Gasteiger partial charge on any atom is -0.480 e. The van der Waals surface area contributed by atoms with E-state index in [2.05, 4.69) is 20.9 Å². The average molecular weight is 480 g/mol. The number of nitrogens with one attached hydrogen (secondary N) is 3. The maximum absolute atomic E-state index is 12.8. The highest BCUT2D eigenvalue weighted by atomic mass is 32.2. The van der Waals surface area contributed by atoms with Gasteiger partial charge < -0.3 is 48.5 Å². The molecule has 0 saturated heterocycles. The van der Waals surface area contributed by atoms with E-state index in [4.69, 9.17) is 32.5 Å². The number of amides is 3.